The number of nitrogens with one attached hydrogen (secondary N) is 1. The van der Waals surface area contributed by atoms with Crippen LogP contribution < -0.4 is 5.43 Å². The fourth-order valence-corrected chi connectivity index (χ4v) is 2.46. The number of hydrogen-bond acceptors (Lipinski definition) is 2. The molecular weight excluding hydrogens is 212 g/mol. The Morgan fingerprint density at radius 3 is 2.53 bits per heavy atom. The summed E-state index contributed by atoms with van der Waals surface area (Å²) < 4.78 is 8.00. The van der Waals surface area contributed by atoms with Crippen molar-refractivity contribution in [3.8, 4) is 0 Å². The summed E-state index contributed by atoms with van der Waals surface area (Å²) in [5, 5.41) is 0. The third-order valence-corrected chi connectivity index (χ3v) is 3.64. The van der Waals surface area contributed by atoms with E-state index in [1.807, 2.05) is 0 Å². The van der Waals surface area contributed by atoms with Crippen molar-refractivity contribution in [1.82, 2.24) is 4.68 Å². The van der Waals surface area contributed by atoms with Crippen LogP contribution in [0, 0.1) is 19.8 Å². The number of aryl methyl sites for hydroxylation is 2. The van der Waals surface area contributed by atoms with Crippen LogP contribution in [-0.2, 0) is 4.74 Å². The fraction of sp³-hybridized carbons (Fsp3) is 0.714. The smallest absolute Gasteiger partial charge is 0.0618 e. The summed E-state index contributed by atoms with van der Waals surface area (Å²) >= 11 is 0. The van der Waals surface area contributed by atoms with Gasteiger partial charge in [0.2, 0.25) is 0 Å². The average molecular weight is 236 g/mol. The molecule has 1 fully saturated rings. The normalized spacial score (nSPS) is 25.2. The molecule has 2 atom stereocenters. The molecule has 0 aliphatic carbocycles. The maximum atomic E-state index is 5.80. The van der Waals surface area contributed by atoms with Crippen molar-refractivity contribution < 1.29 is 4.74 Å². The molecule has 2 heterocycles. The minimum Gasteiger partial charge on any atom is -0.378 e. The van der Waals surface area contributed by atoms with Gasteiger partial charge in [-0.25, -0.2) is 0 Å². The predicted octanol–water partition coefficient (Wildman–Crippen LogP) is 2.85. The zero-order chi connectivity index (χ0) is 12.4. The molecule has 0 spiro atoms. The largest absolute Gasteiger partial charge is 0.378 e. The van der Waals surface area contributed by atoms with Crippen molar-refractivity contribution in [2.45, 2.75) is 52.7 Å². The molecule has 0 saturated carbocycles. The molecule has 1 aromatic rings. The van der Waals surface area contributed by atoms with E-state index in [9.17, 15) is 0 Å². The molecule has 2 unspecified atom stereocenters. The zero-order valence-corrected chi connectivity index (χ0v) is 11.4. The Labute approximate surface area is 104 Å². The maximum Gasteiger partial charge on any atom is 0.0618 e. The van der Waals surface area contributed by atoms with Crippen LogP contribution in [0.3, 0.4) is 0 Å². The molecule has 0 aromatic carbocycles. The highest BCUT2D eigenvalue weighted by Gasteiger charge is 2.25. The van der Waals surface area contributed by atoms with Crippen molar-refractivity contribution in [2.24, 2.45) is 5.92 Å². The molecule has 3 nitrogen and oxygen atoms in total. The molecule has 1 N–H and O–H groups in total. The molecule has 0 radical (unpaired) electrons. The minimum absolute atomic E-state index is 0.400. The predicted molar refractivity (Wildman–Crippen MR) is 70.9 cm³/mol. The molecule has 17 heavy (non-hydrogen) atoms. The molecule has 3 heteroatoms. The van der Waals surface area contributed by atoms with E-state index < -0.39 is 0 Å². The molecule has 96 valence electrons. The first-order chi connectivity index (χ1) is 8.08. The minimum atomic E-state index is 0.400. The second-order valence-electron chi connectivity index (χ2n) is 5.46. The molecule has 1 aliphatic rings. The van der Waals surface area contributed by atoms with Gasteiger partial charge in [0.15, 0.2) is 0 Å². The zero-order valence-electron chi connectivity index (χ0n) is 11.4. The summed E-state index contributed by atoms with van der Waals surface area (Å²) in [5.74, 6) is 0.603. The molecule has 0 bridgehead atoms. The molecule has 2 rings (SSSR count). The Hall–Kier alpha value is -0.960. The summed E-state index contributed by atoms with van der Waals surface area (Å²) in [6.45, 7) is 9.62. The van der Waals surface area contributed by atoms with Crippen LogP contribution in [0.5, 0.6) is 0 Å². The number of rotatable bonds is 3. The van der Waals surface area contributed by atoms with Gasteiger partial charge >= 0.3 is 0 Å². The van der Waals surface area contributed by atoms with Crippen LogP contribution in [0.15, 0.2) is 12.1 Å². The first kappa shape index (κ1) is 12.5. The second kappa shape index (κ2) is 5.13. The number of hydrogen-bond donors (Lipinski definition) is 1. The number of ether oxygens (including phenoxy) is 1. The van der Waals surface area contributed by atoms with Crippen LogP contribution in [0.25, 0.3) is 0 Å². The van der Waals surface area contributed by atoms with Crippen LogP contribution >= 0.6 is 0 Å². The standard InChI is InChI=1S/C14H24N2O/c1-10(2)14-9-13(7-8-17-14)15-16-11(3)5-6-12(16)4/h5-6,10,13-15H,7-9H2,1-4H3. The van der Waals surface area contributed by atoms with Gasteiger partial charge in [-0.15, -0.1) is 0 Å². The SMILES string of the molecule is Cc1ccc(C)n1NC1CCOC(C(C)C)C1. The van der Waals surface area contributed by atoms with Crippen molar-refractivity contribution >= 4 is 0 Å². The Balaban J connectivity index is 1.99. The average Bonchev–Trinajstić information content (AvgIpc) is 2.61. The van der Waals surface area contributed by atoms with E-state index in [0.29, 0.717) is 18.1 Å². The van der Waals surface area contributed by atoms with Crippen molar-refractivity contribution in [3.63, 3.8) is 0 Å². The van der Waals surface area contributed by atoms with Crippen molar-refractivity contribution in [3.05, 3.63) is 23.5 Å². The summed E-state index contributed by atoms with van der Waals surface area (Å²) in [7, 11) is 0. The lowest BCUT2D eigenvalue weighted by molar-refractivity contribution is -0.0176. The van der Waals surface area contributed by atoms with E-state index in [1.165, 1.54) is 11.4 Å². The quantitative estimate of drug-likeness (QED) is 0.873. The molecule has 1 aromatic heterocycles. The Kier molecular flexibility index (Phi) is 3.77. The van der Waals surface area contributed by atoms with Gasteiger partial charge in [0, 0.05) is 24.0 Å². The summed E-state index contributed by atoms with van der Waals surface area (Å²) in [5.41, 5.74) is 6.17. The third-order valence-electron chi connectivity index (χ3n) is 3.64. The van der Waals surface area contributed by atoms with Crippen LogP contribution in [0.4, 0.5) is 0 Å². The second-order valence-corrected chi connectivity index (χ2v) is 5.46. The molecule has 1 saturated heterocycles. The van der Waals surface area contributed by atoms with Crippen molar-refractivity contribution in [1.29, 1.82) is 0 Å². The molecule has 1 aliphatic heterocycles. The first-order valence-electron chi connectivity index (χ1n) is 6.61. The van der Waals surface area contributed by atoms with E-state index in [4.69, 9.17) is 4.74 Å². The monoisotopic (exact) mass is 236 g/mol. The Morgan fingerprint density at radius 1 is 1.29 bits per heavy atom. The maximum absolute atomic E-state index is 5.80. The van der Waals surface area contributed by atoms with Gasteiger partial charge in [0.1, 0.15) is 0 Å². The summed E-state index contributed by atoms with van der Waals surface area (Å²) in [6.07, 6.45) is 2.60. The van der Waals surface area contributed by atoms with Crippen LogP contribution in [0.2, 0.25) is 0 Å². The van der Waals surface area contributed by atoms with Gasteiger partial charge in [0.05, 0.1) is 6.10 Å². The van der Waals surface area contributed by atoms with Gasteiger partial charge in [-0.05, 0) is 44.7 Å². The number of nitrogens with zero attached hydrogens (tertiary/aromatic N) is 1. The highest BCUT2D eigenvalue weighted by atomic mass is 16.5. The van der Waals surface area contributed by atoms with Gasteiger partial charge in [0.25, 0.3) is 0 Å². The molecular formula is C14H24N2O. The van der Waals surface area contributed by atoms with E-state index in [1.54, 1.807) is 0 Å². The highest BCUT2D eigenvalue weighted by Crippen LogP contribution is 2.21. The first-order valence-corrected chi connectivity index (χ1v) is 6.61. The van der Waals surface area contributed by atoms with E-state index in [-0.39, 0.29) is 0 Å². The summed E-state index contributed by atoms with van der Waals surface area (Å²) in [6, 6.07) is 4.84. The Morgan fingerprint density at radius 2 is 1.94 bits per heavy atom. The summed E-state index contributed by atoms with van der Waals surface area (Å²) in [4.78, 5) is 0. The third kappa shape index (κ3) is 2.83. The van der Waals surface area contributed by atoms with Crippen LogP contribution in [0.1, 0.15) is 38.1 Å². The van der Waals surface area contributed by atoms with Gasteiger partial charge in [-0.2, -0.15) is 0 Å². The fourth-order valence-electron chi connectivity index (χ4n) is 2.46. The van der Waals surface area contributed by atoms with Gasteiger partial charge < -0.3 is 10.2 Å². The number of aromatic nitrogens is 1. The lowest BCUT2D eigenvalue weighted by Crippen LogP contribution is -2.40. The Bertz CT molecular complexity index is 351. The van der Waals surface area contributed by atoms with E-state index in [2.05, 4.69) is 49.9 Å². The van der Waals surface area contributed by atoms with E-state index in [0.717, 1.165) is 19.4 Å². The lowest BCUT2D eigenvalue weighted by atomic mass is 9.96. The van der Waals surface area contributed by atoms with Gasteiger partial charge in [-0.3, -0.25) is 4.68 Å². The lowest BCUT2D eigenvalue weighted by Gasteiger charge is -2.33. The molecule has 0 amide bonds. The highest BCUT2D eigenvalue weighted by molar-refractivity contribution is 5.16. The van der Waals surface area contributed by atoms with Crippen molar-refractivity contribution in [2.75, 3.05) is 12.0 Å². The van der Waals surface area contributed by atoms with Gasteiger partial charge in [-0.1, -0.05) is 13.8 Å². The van der Waals surface area contributed by atoms with Crippen LogP contribution in [-0.4, -0.2) is 23.4 Å². The van der Waals surface area contributed by atoms with E-state index >= 15 is 0 Å². The topological polar surface area (TPSA) is 26.2 Å².